The number of phenols is 1. The number of aliphatic imine (C=N–C) groups is 1. The zero-order valence-electron chi connectivity index (χ0n) is 27.4. The van der Waals surface area contributed by atoms with Crippen LogP contribution in [0.15, 0.2) is 71.0 Å². The summed E-state index contributed by atoms with van der Waals surface area (Å²) < 4.78 is 6.11. The lowest BCUT2D eigenvalue weighted by Gasteiger charge is -2.33. The summed E-state index contributed by atoms with van der Waals surface area (Å²) in [7, 11) is 0. The van der Waals surface area contributed by atoms with Crippen LogP contribution in [-0.2, 0) is 16.6 Å². The van der Waals surface area contributed by atoms with Gasteiger partial charge in [0, 0.05) is 31.1 Å². The van der Waals surface area contributed by atoms with Crippen LogP contribution < -0.4 is 21.1 Å². The number of allylic oxidation sites excluding steroid dienone is 1. The number of nitrogens with zero attached hydrogens (tertiary/aromatic N) is 1. The van der Waals surface area contributed by atoms with Gasteiger partial charge in [0.2, 0.25) is 6.73 Å². The Morgan fingerprint density at radius 3 is 2.77 bits per heavy atom. The molecule has 0 spiro atoms. The summed E-state index contributed by atoms with van der Waals surface area (Å²) in [6.45, 7) is 3.08. The maximum absolute atomic E-state index is 12.5. The predicted molar refractivity (Wildman–Crippen MR) is 181 cm³/mol. The Balaban J connectivity index is 1.23. The number of hydrogen-bond acceptors (Lipinski definition) is 9. The van der Waals surface area contributed by atoms with Crippen LogP contribution in [0.5, 0.6) is 11.5 Å². The van der Waals surface area contributed by atoms with Crippen molar-refractivity contribution in [1.82, 2.24) is 0 Å². The van der Waals surface area contributed by atoms with Crippen molar-refractivity contribution in [2.75, 3.05) is 19.9 Å². The van der Waals surface area contributed by atoms with Crippen LogP contribution in [0.2, 0.25) is 0 Å². The Bertz CT molecular complexity index is 1500. The van der Waals surface area contributed by atoms with Crippen molar-refractivity contribution in [2.45, 2.75) is 94.9 Å². The number of aromatic hydroxyl groups is 1. The van der Waals surface area contributed by atoms with E-state index in [0.29, 0.717) is 31.1 Å². The van der Waals surface area contributed by atoms with Crippen LogP contribution >= 0.6 is 0 Å². The summed E-state index contributed by atoms with van der Waals surface area (Å²) in [6, 6.07) is 13.4. The lowest BCUT2D eigenvalue weighted by atomic mass is 9.69. The van der Waals surface area contributed by atoms with Gasteiger partial charge in [-0.15, -0.1) is 0 Å². The minimum Gasteiger partial charge on any atom is -0.504 e. The molecular formula is C37H51N4O6+. The third-order valence-electron chi connectivity index (χ3n) is 9.95. The standard InChI is InChI=1S/C37H50N4O6/c1-2-4-28(43)17-30(45)18-29(44)9-7-24-8-10-34(46)35(15-24)47-23-41-21-31-32(20-40-33(31)22-41)37(13-11-25(19-37)12-14-42)27-6-3-5-26(16-27)36(38)39/h3,5-6,8,10,15-16,20-21,25,28,30,36,42-43,45-46H,2,4,7,9,11-14,17-19,22-23,38-39H2,1H3/p+1/t25-,28+,30-,37+/m1/s1. The monoisotopic (exact) mass is 647 g/mol. The first-order chi connectivity index (χ1) is 22.6. The van der Waals surface area contributed by atoms with Gasteiger partial charge >= 0.3 is 0 Å². The molecule has 2 heterocycles. The quantitative estimate of drug-likeness (QED) is 0.128. The van der Waals surface area contributed by atoms with Crippen molar-refractivity contribution >= 4 is 11.5 Å². The molecule has 2 aromatic rings. The second-order valence-electron chi connectivity index (χ2n) is 13.5. The van der Waals surface area contributed by atoms with E-state index < -0.39 is 18.4 Å². The van der Waals surface area contributed by atoms with Gasteiger partial charge in [0.05, 0.1) is 23.9 Å². The van der Waals surface area contributed by atoms with Gasteiger partial charge in [-0.2, -0.15) is 0 Å². The summed E-state index contributed by atoms with van der Waals surface area (Å²) in [6.07, 6.45) is 8.19. The van der Waals surface area contributed by atoms with Crippen molar-refractivity contribution in [2.24, 2.45) is 22.4 Å². The summed E-state index contributed by atoms with van der Waals surface area (Å²) >= 11 is 0. The number of ketones is 1. The Hall–Kier alpha value is -3.38. The third-order valence-corrected chi connectivity index (χ3v) is 9.95. The molecule has 5 rings (SSSR count). The molecule has 9 N–H and O–H groups in total. The Morgan fingerprint density at radius 2 is 2.00 bits per heavy atom. The van der Waals surface area contributed by atoms with E-state index in [1.54, 1.807) is 18.2 Å². The molecule has 10 heteroatoms. The number of Topliss-reactive ketones (excluding diaryl/α,β-unsaturated/α-hetero) is 1. The largest absolute Gasteiger partial charge is 0.504 e. The molecule has 1 saturated carbocycles. The van der Waals surface area contributed by atoms with Crippen molar-refractivity contribution in [3.63, 3.8) is 0 Å². The summed E-state index contributed by atoms with van der Waals surface area (Å²) in [5, 5.41) is 40.3. The smallest absolute Gasteiger partial charge is 0.227 e. The summed E-state index contributed by atoms with van der Waals surface area (Å²) in [5.74, 6) is 0.722. The van der Waals surface area contributed by atoms with Crippen LogP contribution in [0.3, 0.4) is 0 Å². The molecule has 2 aromatic carbocycles. The molecular weight excluding hydrogens is 596 g/mol. The fourth-order valence-corrected chi connectivity index (χ4v) is 7.46. The molecule has 0 amide bonds. The van der Waals surface area contributed by atoms with Gasteiger partial charge < -0.3 is 36.6 Å². The number of aliphatic hydroxyl groups excluding tert-OH is 3. The SMILES string of the molecule is CCC[C@H](O)C[C@@H](O)CC(=O)CCc1ccc(O)c(OC[NH+]2C=C3C([C@@]4(c5cccc(C(N)N)c5)CC[C@H](CCO)C4)=CN=C3C2)c1. The summed E-state index contributed by atoms with van der Waals surface area (Å²) in [5.41, 5.74) is 18.1. The van der Waals surface area contributed by atoms with Gasteiger partial charge in [0.15, 0.2) is 11.5 Å². The number of aliphatic hydroxyl groups is 3. The average Bonchev–Trinajstić information content (AvgIpc) is 3.75. The van der Waals surface area contributed by atoms with Gasteiger partial charge in [-0.25, -0.2) is 0 Å². The molecule has 0 bridgehead atoms. The van der Waals surface area contributed by atoms with E-state index in [1.165, 1.54) is 11.1 Å². The zero-order valence-corrected chi connectivity index (χ0v) is 27.4. The number of phenolic OH excluding ortho intramolecular Hbond substituents is 1. The van der Waals surface area contributed by atoms with Gasteiger partial charge in [-0.05, 0) is 85.3 Å². The second-order valence-corrected chi connectivity index (χ2v) is 13.5. The molecule has 10 nitrogen and oxygen atoms in total. The minimum atomic E-state index is -0.848. The first kappa shape index (κ1) is 34.9. The van der Waals surface area contributed by atoms with E-state index in [1.807, 2.05) is 25.3 Å². The van der Waals surface area contributed by atoms with E-state index in [4.69, 9.17) is 21.2 Å². The highest BCUT2D eigenvalue weighted by molar-refractivity contribution is 6.08. The third kappa shape index (κ3) is 8.38. The number of carbonyl (C=O) groups is 1. The molecule has 47 heavy (non-hydrogen) atoms. The van der Waals surface area contributed by atoms with E-state index in [9.17, 15) is 25.2 Å². The van der Waals surface area contributed by atoms with Crippen LogP contribution in [-0.4, -0.2) is 64.0 Å². The minimum absolute atomic E-state index is 0.0187. The van der Waals surface area contributed by atoms with Crippen molar-refractivity contribution < 1.29 is 34.9 Å². The molecule has 2 aliphatic heterocycles. The average molecular weight is 648 g/mol. The number of rotatable bonds is 17. The first-order valence-electron chi connectivity index (χ1n) is 17.0. The van der Waals surface area contributed by atoms with Crippen molar-refractivity contribution in [1.29, 1.82) is 0 Å². The predicted octanol–water partition coefficient (Wildman–Crippen LogP) is 2.69. The molecule has 0 radical (unpaired) electrons. The van der Waals surface area contributed by atoms with E-state index in [2.05, 4.69) is 18.3 Å². The molecule has 1 unspecified atom stereocenters. The van der Waals surface area contributed by atoms with E-state index in [-0.39, 0.29) is 49.5 Å². The number of fused-ring (bicyclic) bond motifs is 1. The zero-order chi connectivity index (χ0) is 33.6. The number of hydrogen-bond donors (Lipinski definition) is 7. The topological polar surface area (TPSA) is 176 Å². The highest BCUT2D eigenvalue weighted by atomic mass is 16.5. The number of ether oxygens (including phenoxy) is 1. The lowest BCUT2D eigenvalue weighted by molar-refractivity contribution is -0.851. The number of carbonyl (C=O) groups excluding carboxylic acids is 1. The van der Waals surface area contributed by atoms with Crippen LogP contribution in [0.4, 0.5) is 0 Å². The number of nitrogens with two attached hydrogens (primary N) is 2. The molecule has 1 aliphatic carbocycles. The number of nitrogens with one attached hydrogen (secondary N) is 1. The van der Waals surface area contributed by atoms with Crippen LogP contribution in [0.25, 0.3) is 0 Å². The highest BCUT2D eigenvalue weighted by Crippen LogP contribution is 2.53. The van der Waals surface area contributed by atoms with Crippen molar-refractivity contribution in [3.8, 4) is 11.5 Å². The molecule has 0 saturated heterocycles. The molecule has 254 valence electrons. The van der Waals surface area contributed by atoms with Gasteiger partial charge in [0.1, 0.15) is 24.2 Å². The van der Waals surface area contributed by atoms with E-state index in [0.717, 1.165) is 59.4 Å². The first-order valence-corrected chi connectivity index (χ1v) is 17.0. The maximum atomic E-state index is 12.5. The number of aryl methyl sites for hydroxylation is 1. The molecule has 3 aliphatic rings. The van der Waals surface area contributed by atoms with Crippen LogP contribution in [0.1, 0.15) is 87.6 Å². The van der Waals surface area contributed by atoms with Gasteiger partial charge in [0.25, 0.3) is 0 Å². The number of quaternary nitrogens is 1. The fourth-order valence-electron chi connectivity index (χ4n) is 7.46. The molecule has 1 fully saturated rings. The second kappa shape index (κ2) is 15.7. The maximum Gasteiger partial charge on any atom is 0.227 e. The fraction of sp³-hybridized carbons (Fsp3) is 0.514. The van der Waals surface area contributed by atoms with Crippen LogP contribution in [0, 0.1) is 5.92 Å². The van der Waals surface area contributed by atoms with Gasteiger partial charge in [-0.3, -0.25) is 14.7 Å². The Kier molecular flexibility index (Phi) is 11.7. The summed E-state index contributed by atoms with van der Waals surface area (Å²) in [4.78, 5) is 18.4. The Labute approximate surface area is 277 Å². The van der Waals surface area contributed by atoms with Gasteiger partial charge in [-0.1, -0.05) is 43.7 Å². The Morgan fingerprint density at radius 1 is 1.17 bits per heavy atom. The lowest BCUT2D eigenvalue weighted by Crippen LogP contribution is -3.07. The molecule has 5 atom stereocenters. The van der Waals surface area contributed by atoms with Crippen molar-refractivity contribution in [3.05, 3.63) is 82.7 Å². The molecule has 0 aromatic heterocycles. The highest BCUT2D eigenvalue weighted by Gasteiger charge is 2.48. The number of benzene rings is 2. The van der Waals surface area contributed by atoms with E-state index >= 15 is 0 Å². The normalized spacial score (nSPS) is 23.3.